The van der Waals surface area contributed by atoms with Crippen molar-refractivity contribution in [2.24, 2.45) is 5.92 Å². The Bertz CT molecular complexity index is 119. The highest BCUT2D eigenvalue weighted by atomic mass is 15.2. The fourth-order valence-corrected chi connectivity index (χ4v) is 1.71. The number of hydrogen-bond acceptors (Lipinski definition) is 2. The summed E-state index contributed by atoms with van der Waals surface area (Å²) in [5, 5.41) is 3.33. The van der Waals surface area contributed by atoms with Crippen molar-refractivity contribution in [2.45, 2.75) is 33.2 Å². The van der Waals surface area contributed by atoms with Crippen molar-refractivity contribution in [1.29, 1.82) is 0 Å². The molecule has 2 nitrogen and oxygen atoms in total. The monoisotopic (exact) mass is 170 g/mol. The van der Waals surface area contributed by atoms with Crippen molar-refractivity contribution < 1.29 is 0 Å². The minimum Gasteiger partial charge on any atom is -0.314 e. The van der Waals surface area contributed by atoms with E-state index in [1.54, 1.807) is 0 Å². The van der Waals surface area contributed by atoms with Gasteiger partial charge in [0.05, 0.1) is 0 Å². The molecule has 0 radical (unpaired) electrons. The smallest absolute Gasteiger partial charge is 0.0345 e. The summed E-state index contributed by atoms with van der Waals surface area (Å²) in [7, 11) is 0. The van der Waals surface area contributed by atoms with Crippen LogP contribution in [0.3, 0.4) is 0 Å². The van der Waals surface area contributed by atoms with Crippen LogP contribution in [-0.4, -0.2) is 37.1 Å². The first-order valence-corrected chi connectivity index (χ1v) is 5.18. The van der Waals surface area contributed by atoms with Crippen LogP contribution in [0.2, 0.25) is 0 Å². The van der Waals surface area contributed by atoms with E-state index in [4.69, 9.17) is 0 Å². The standard InChI is InChI=1S/C10H22N2/c1-4-5-12(8-9(2)3)10-6-11-7-10/h9-11H,4-8H2,1-3H3. The first-order valence-electron chi connectivity index (χ1n) is 5.18. The molecule has 0 aliphatic carbocycles. The van der Waals surface area contributed by atoms with E-state index in [-0.39, 0.29) is 0 Å². The predicted molar refractivity (Wildman–Crippen MR) is 53.4 cm³/mol. The molecule has 1 N–H and O–H groups in total. The molecular formula is C10H22N2. The van der Waals surface area contributed by atoms with E-state index >= 15 is 0 Å². The summed E-state index contributed by atoms with van der Waals surface area (Å²) in [6.45, 7) is 11.8. The molecule has 0 unspecified atom stereocenters. The van der Waals surface area contributed by atoms with Crippen LogP contribution in [0.4, 0.5) is 0 Å². The van der Waals surface area contributed by atoms with Crippen molar-refractivity contribution in [1.82, 2.24) is 10.2 Å². The third kappa shape index (κ3) is 2.76. The average Bonchev–Trinajstić information content (AvgIpc) is 1.81. The summed E-state index contributed by atoms with van der Waals surface area (Å²) in [6.07, 6.45) is 1.28. The lowest BCUT2D eigenvalue weighted by atomic mass is 10.1. The largest absolute Gasteiger partial charge is 0.314 e. The molecule has 1 saturated heterocycles. The number of rotatable bonds is 5. The normalized spacial score (nSPS) is 18.8. The SMILES string of the molecule is CCCN(CC(C)C)C1CNC1. The minimum absolute atomic E-state index is 0.803. The maximum atomic E-state index is 3.33. The molecule has 0 aromatic rings. The van der Waals surface area contributed by atoms with Crippen LogP contribution in [0.1, 0.15) is 27.2 Å². The summed E-state index contributed by atoms with van der Waals surface area (Å²) in [4.78, 5) is 2.63. The molecule has 0 aromatic heterocycles. The molecule has 0 spiro atoms. The van der Waals surface area contributed by atoms with Crippen molar-refractivity contribution in [3.8, 4) is 0 Å². The predicted octanol–water partition coefficient (Wildman–Crippen LogP) is 1.33. The highest BCUT2D eigenvalue weighted by molar-refractivity contribution is 4.84. The molecule has 0 atom stereocenters. The van der Waals surface area contributed by atoms with Gasteiger partial charge in [-0.3, -0.25) is 4.90 Å². The molecule has 0 amide bonds. The third-order valence-corrected chi connectivity index (χ3v) is 2.39. The van der Waals surface area contributed by atoms with Gasteiger partial charge in [0.25, 0.3) is 0 Å². The zero-order valence-electron chi connectivity index (χ0n) is 8.64. The van der Waals surface area contributed by atoms with Gasteiger partial charge in [0.2, 0.25) is 0 Å². The Morgan fingerprint density at radius 3 is 2.42 bits per heavy atom. The van der Waals surface area contributed by atoms with Crippen LogP contribution < -0.4 is 5.32 Å². The molecule has 72 valence electrons. The number of hydrogen-bond donors (Lipinski definition) is 1. The van der Waals surface area contributed by atoms with Crippen LogP contribution in [-0.2, 0) is 0 Å². The minimum atomic E-state index is 0.803. The van der Waals surface area contributed by atoms with Gasteiger partial charge >= 0.3 is 0 Å². The molecule has 0 aromatic carbocycles. The van der Waals surface area contributed by atoms with Crippen LogP contribution in [0.15, 0.2) is 0 Å². The Kier molecular flexibility index (Phi) is 4.02. The lowest BCUT2D eigenvalue weighted by Gasteiger charge is -2.39. The van der Waals surface area contributed by atoms with E-state index in [1.807, 2.05) is 0 Å². The zero-order chi connectivity index (χ0) is 8.97. The van der Waals surface area contributed by atoms with Gasteiger partial charge in [0.15, 0.2) is 0 Å². The number of nitrogens with one attached hydrogen (secondary N) is 1. The Labute approximate surface area is 76.3 Å². The number of nitrogens with zero attached hydrogens (tertiary/aromatic N) is 1. The molecular weight excluding hydrogens is 148 g/mol. The van der Waals surface area contributed by atoms with Crippen LogP contribution in [0, 0.1) is 5.92 Å². The molecule has 2 heteroatoms. The lowest BCUT2D eigenvalue weighted by molar-refractivity contribution is 0.130. The second kappa shape index (κ2) is 4.83. The van der Waals surface area contributed by atoms with Gasteiger partial charge in [0, 0.05) is 25.7 Å². The van der Waals surface area contributed by atoms with Crippen LogP contribution in [0.5, 0.6) is 0 Å². The second-order valence-corrected chi connectivity index (χ2v) is 4.20. The van der Waals surface area contributed by atoms with E-state index in [9.17, 15) is 0 Å². The fourth-order valence-electron chi connectivity index (χ4n) is 1.71. The first-order chi connectivity index (χ1) is 5.74. The highest BCUT2D eigenvalue weighted by Gasteiger charge is 2.23. The molecule has 1 fully saturated rings. The van der Waals surface area contributed by atoms with Crippen molar-refractivity contribution in [3.05, 3.63) is 0 Å². The van der Waals surface area contributed by atoms with Gasteiger partial charge in [-0.05, 0) is 18.9 Å². The summed E-state index contributed by atoms with van der Waals surface area (Å²) in [5.74, 6) is 0.803. The van der Waals surface area contributed by atoms with Crippen molar-refractivity contribution in [2.75, 3.05) is 26.2 Å². The zero-order valence-corrected chi connectivity index (χ0v) is 8.64. The van der Waals surface area contributed by atoms with Gasteiger partial charge in [-0.2, -0.15) is 0 Å². The molecule has 0 saturated carbocycles. The molecule has 12 heavy (non-hydrogen) atoms. The topological polar surface area (TPSA) is 15.3 Å². The Balaban J connectivity index is 2.26. The van der Waals surface area contributed by atoms with E-state index < -0.39 is 0 Å². The van der Waals surface area contributed by atoms with Crippen molar-refractivity contribution in [3.63, 3.8) is 0 Å². The summed E-state index contributed by atoms with van der Waals surface area (Å²) < 4.78 is 0. The maximum absolute atomic E-state index is 3.33. The van der Waals surface area contributed by atoms with Gasteiger partial charge in [0.1, 0.15) is 0 Å². The van der Waals surface area contributed by atoms with Crippen molar-refractivity contribution >= 4 is 0 Å². The Morgan fingerprint density at radius 1 is 1.42 bits per heavy atom. The van der Waals surface area contributed by atoms with E-state index in [2.05, 4.69) is 31.0 Å². The highest BCUT2D eigenvalue weighted by Crippen LogP contribution is 2.08. The second-order valence-electron chi connectivity index (χ2n) is 4.20. The third-order valence-electron chi connectivity index (χ3n) is 2.39. The lowest BCUT2D eigenvalue weighted by Crippen LogP contribution is -2.58. The summed E-state index contributed by atoms with van der Waals surface area (Å²) in [5.41, 5.74) is 0. The quantitative estimate of drug-likeness (QED) is 0.669. The molecule has 0 bridgehead atoms. The van der Waals surface area contributed by atoms with Gasteiger partial charge < -0.3 is 5.32 Å². The van der Waals surface area contributed by atoms with Gasteiger partial charge in [-0.15, -0.1) is 0 Å². The van der Waals surface area contributed by atoms with E-state index in [0.717, 1.165) is 12.0 Å². The Hall–Kier alpha value is -0.0800. The fraction of sp³-hybridized carbons (Fsp3) is 1.00. The average molecular weight is 170 g/mol. The van der Waals surface area contributed by atoms with Gasteiger partial charge in [-0.1, -0.05) is 20.8 Å². The van der Waals surface area contributed by atoms with E-state index in [0.29, 0.717) is 0 Å². The molecule has 1 rings (SSSR count). The Morgan fingerprint density at radius 2 is 2.08 bits per heavy atom. The van der Waals surface area contributed by atoms with E-state index in [1.165, 1.54) is 32.6 Å². The molecule has 1 heterocycles. The molecule has 1 aliphatic rings. The van der Waals surface area contributed by atoms with Crippen LogP contribution >= 0.6 is 0 Å². The first kappa shape index (κ1) is 10.0. The van der Waals surface area contributed by atoms with Crippen LogP contribution in [0.25, 0.3) is 0 Å². The van der Waals surface area contributed by atoms with Gasteiger partial charge in [-0.25, -0.2) is 0 Å². The maximum Gasteiger partial charge on any atom is 0.0345 e. The summed E-state index contributed by atoms with van der Waals surface area (Å²) in [6, 6.07) is 0.826. The summed E-state index contributed by atoms with van der Waals surface area (Å²) >= 11 is 0. The molecule has 1 aliphatic heterocycles.